The molecule has 5 heterocycles. The first-order chi connectivity index (χ1) is 35.5. The van der Waals surface area contributed by atoms with Gasteiger partial charge in [-0.15, -0.1) is 0 Å². The highest BCUT2D eigenvalue weighted by atomic mass is 16.5. The van der Waals surface area contributed by atoms with Crippen molar-refractivity contribution in [1.29, 1.82) is 0 Å². The zero-order valence-electron chi connectivity index (χ0n) is 47.5. The lowest BCUT2D eigenvalue weighted by Crippen LogP contribution is -2.36. The van der Waals surface area contributed by atoms with Crippen LogP contribution in [-0.4, -0.2) is 71.8 Å². The molecule has 0 aliphatic carbocycles. The van der Waals surface area contributed by atoms with Crippen LogP contribution >= 0.6 is 0 Å². The summed E-state index contributed by atoms with van der Waals surface area (Å²) in [6.07, 6.45) is 26.4. The topological polar surface area (TPSA) is 142 Å². The van der Waals surface area contributed by atoms with E-state index in [1.54, 1.807) is 6.08 Å². The molecule has 1 saturated heterocycles. The van der Waals surface area contributed by atoms with Crippen molar-refractivity contribution in [2.45, 2.75) is 185 Å². The van der Waals surface area contributed by atoms with E-state index in [1.807, 2.05) is 50.0 Å². The second-order valence-electron chi connectivity index (χ2n) is 21.9. The fraction of sp³-hybridized carbons (Fsp3) is 0.587. The van der Waals surface area contributed by atoms with Crippen molar-refractivity contribution in [1.82, 2.24) is 10.2 Å². The van der Waals surface area contributed by atoms with Gasteiger partial charge in [0.15, 0.2) is 0 Å². The number of allylic oxidation sites excluding steroid dienone is 11. The Labute approximate surface area is 445 Å². The minimum atomic E-state index is -0.484. The van der Waals surface area contributed by atoms with E-state index in [1.165, 1.54) is 57.6 Å². The van der Waals surface area contributed by atoms with E-state index in [2.05, 4.69) is 67.3 Å². The van der Waals surface area contributed by atoms with Crippen LogP contribution in [0.3, 0.4) is 0 Å². The minimum absolute atomic E-state index is 0.141. The second-order valence-corrected chi connectivity index (χ2v) is 21.9. The van der Waals surface area contributed by atoms with Crippen molar-refractivity contribution in [3.8, 4) is 0 Å². The molecule has 5 rings (SSSR count). The third-order valence-corrected chi connectivity index (χ3v) is 15.7. The summed E-state index contributed by atoms with van der Waals surface area (Å²) in [6, 6.07) is 0. The third-order valence-electron chi connectivity index (χ3n) is 15.7. The van der Waals surface area contributed by atoms with E-state index in [4.69, 9.17) is 24.5 Å². The first-order valence-corrected chi connectivity index (χ1v) is 28.2. The van der Waals surface area contributed by atoms with Crippen LogP contribution in [0.25, 0.3) is 0 Å². The first kappa shape index (κ1) is 59.3. The maximum atomic E-state index is 15.2. The van der Waals surface area contributed by atoms with Gasteiger partial charge in [-0.2, -0.15) is 0 Å². The highest BCUT2D eigenvalue weighted by molar-refractivity contribution is 6.31. The number of methoxy groups -OCH3 is 1. The summed E-state index contributed by atoms with van der Waals surface area (Å²) >= 11 is 0. The quantitative estimate of drug-likeness (QED) is 0.0451. The number of rotatable bonds is 28. The third kappa shape index (κ3) is 15.5. The molecule has 4 atom stereocenters. The zero-order valence-corrected chi connectivity index (χ0v) is 47.5. The molecule has 0 aromatic heterocycles. The van der Waals surface area contributed by atoms with Crippen molar-refractivity contribution in [2.75, 3.05) is 26.8 Å². The highest BCUT2D eigenvalue weighted by Gasteiger charge is 2.41. The Kier molecular flexibility index (Phi) is 23.2. The summed E-state index contributed by atoms with van der Waals surface area (Å²) in [5, 5.41) is 14.4. The Morgan fingerprint density at radius 2 is 1.47 bits per heavy atom. The van der Waals surface area contributed by atoms with E-state index in [0.717, 1.165) is 84.8 Å². The van der Waals surface area contributed by atoms with Gasteiger partial charge in [0.2, 0.25) is 0 Å². The van der Waals surface area contributed by atoms with Crippen molar-refractivity contribution in [2.24, 2.45) is 44.6 Å². The van der Waals surface area contributed by atoms with Gasteiger partial charge in [0.05, 0.1) is 59.6 Å². The molecule has 404 valence electrons. The molecule has 0 saturated carbocycles. The molecule has 0 spiro atoms. The van der Waals surface area contributed by atoms with Crippen molar-refractivity contribution < 1.29 is 29.0 Å². The Bertz CT molecular complexity index is 2470. The Morgan fingerprint density at radius 1 is 0.811 bits per heavy atom. The maximum Gasteiger partial charge on any atom is 0.310 e. The molecule has 0 aromatic rings. The monoisotopic (exact) mass is 1010 g/mol. The van der Waals surface area contributed by atoms with Crippen LogP contribution in [0.4, 0.5) is 0 Å². The average Bonchev–Trinajstić information content (AvgIpc) is 4.07. The van der Waals surface area contributed by atoms with Gasteiger partial charge < -0.3 is 24.8 Å². The molecule has 0 aromatic carbocycles. The predicted molar refractivity (Wildman–Crippen MR) is 305 cm³/mol. The van der Waals surface area contributed by atoms with Crippen LogP contribution in [0.2, 0.25) is 0 Å². The van der Waals surface area contributed by atoms with E-state index in [9.17, 15) is 14.7 Å². The molecular formula is C63H91N5O6. The van der Waals surface area contributed by atoms with Gasteiger partial charge in [-0.1, -0.05) is 131 Å². The molecule has 2 N–H and O–H groups in total. The summed E-state index contributed by atoms with van der Waals surface area (Å²) in [6.45, 7) is 29.3. The molecule has 1 fully saturated rings. The lowest BCUT2D eigenvalue weighted by molar-refractivity contribution is -0.143. The summed E-state index contributed by atoms with van der Waals surface area (Å²) < 4.78 is 11.3. The SMILES string of the molecule is C=CC1=C(C)C2=NC1=CC1=NC(=C(CC)C1=CO)C=C1N=C(C(CC(=O)OC)=C3NC(=C2)C(C)C3CCC(=O)OCC=C(C)CCCC(C)CCCC(C)CCCC(C)C)C(C(=O)N(CCCC)CCCC)=C1C. The van der Waals surface area contributed by atoms with Crippen LogP contribution in [0, 0.1) is 29.6 Å². The molecule has 11 nitrogen and oxygen atoms in total. The van der Waals surface area contributed by atoms with Crippen molar-refractivity contribution >= 4 is 35.0 Å². The standard InChI is InChI=1S/C63H91N5O6/c1-14-18-32-68(33-19-15-2)63(72)60-46(12)54-37-56-48(17-4)51(39-69)57(65-56)38-55-47(16-3)44(10)52(64-55)36-53-45(11)49(61(66-53)50(62(60)67-54)35-59(71)73-13)29-30-58(70)74-34-31-43(9)28-22-27-42(8)26-21-25-41(7)24-20-23-40(5)6/h16,31,36-42,45,49,66,69H,3,14-15,17-30,32-35H2,1-2,4-13H3. The first-order valence-electron chi connectivity index (χ1n) is 28.2. The average molecular weight is 1010 g/mol. The van der Waals surface area contributed by atoms with Gasteiger partial charge in [-0.3, -0.25) is 14.4 Å². The number of carbonyl (C=O) groups excluding carboxylic acids is 3. The normalized spacial score (nSPS) is 20.1. The molecule has 8 bridgehead atoms. The molecule has 74 heavy (non-hydrogen) atoms. The molecule has 0 radical (unpaired) electrons. The molecule has 4 unspecified atom stereocenters. The number of unbranched alkanes of at least 4 members (excludes halogenated alkanes) is 2. The zero-order chi connectivity index (χ0) is 54.1. The van der Waals surface area contributed by atoms with E-state index >= 15 is 4.79 Å². The number of hydrogen-bond acceptors (Lipinski definition) is 10. The van der Waals surface area contributed by atoms with E-state index in [0.29, 0.717) is 88.4 Å². The fourth-order valence-corrected chi connectivity index (χ4v) is 10.8. The van der Waals surface area contributed by atoms with Gasteiger partial charge in [0.25, 0.3) is 5.91 Å². The number of carbonyl (C=O) groups is 3. The Balaban J connectivity index is 1.49. The number of aliphatic hydroxyl groups excluding tert-OH is 1. The van der Waals surface area contributed by atoms with E-state index < -0.39 is 5.97 Å². The van der Waals surface area contributed by atoms with Crippen LogP contribution in [0.5, 0.6) is 0 Å². The van der Waals surface area contributed by atoms with Gasteiger partial charge in [-0.05, 0) is 118 Å². The van der Waals surface area contributed by atoms with E-state index in [-0.39, 0.29) is 43.2 Å². The van der Waals surface area contributed by atoms with Crippen molar-refractivity contribution in [3.63, 3.8) is 0 Å². The lowest BCUT2D eigenvalue weighted by Gasteiger charge is -2.25. The van der Waals surface area contributed by atoms with Crippen LogP contribution in [0.1, 0.15) is 185 Å². The number of aliphatic imine (C=N–C) groups is 3. The fourth-order valence-electron chi connectivity index (χ4n) is 10.8. The van der Waals surface area contributed by atoms with Crippen LogP contribution in [0.15, 0.2) is 131 Å². The van der Waals surface area contributed by atoms with Crippen LogP contribution in [-0.2, 0) is 23.9 Å². The highest BCUT2D eigenvalue weighted by Crippen LogP contribution is 2.43. The summed E-state index contributed by atoms with van der Waals surface area (Å²) in [5.74, 6) is 0.897. The number of fused-ring (bicyclic) bond motifs is 5. The number of ether oxygens (including phenoxy) is 2. The smallest absolute Gasteiger partial charge is 0.310 e. The number of hydrogen-bond donors (Lipinski definition) is 2. The number of amides is 1. The second kappa shape index (κ2) is 28.9. The number of nitrogens with zero attached hydrogens (tertiary/aromatic N) is 4. The number of aliphatic hydroxyl groups is 1. The van der Waals surface area contributed by atoms with Gasteiger partial charge >= 0.3 is 11.9 Å². The predicted octanol–water partition coefficient (Wildman–Crippen LogP) is 14.8. The molecule has 5 aliphatic rings. The molecule has 11 heteroatoms. The summed E-state index contributed by atoms with van der Waals surface area (Å²) in [7, 11) is 1.37. The van der Waals surface area contributed by atoms with Crippen LogP contribution < -0.4 is 5.32 Å². The number of nitrogens with one attached hydrogen (secondary N) is 1. The largest absolute Gasteiger partial charge is 0.515 e. The molecule has 5 aliphatic heterocycles. The van der Waals surface area contributed by atoms with Gasteiger partial charge in [0.1, 0.15) is 6.61 Å². The minimum Gasteiger partial charge on any atom is -0.515 e. The molecule has 1 amide bonds. The Morgan fingerprint density at radius 3 is 2.08 bits per heavy atom. The summed E-state index contributed by atoms with van der Waals surface area (Å²) in [5.41, 5.74) is 11.1. The maximum absolute atomic E-state index is 15.2. The van der Waals surface area contributed by atoms with Gasteiger partial charge in [-0.25, -0.2) is 15.0 Å². The van der Waals surface area contributed by atoms with Crippen molar-refractivity contribution in [3.05, 3.63) is 116 Å². The van der Waals surface area contributed by atoms with Gasteiger partial charge in [0, 0.05) is 59.5 Å². The molecular weight excluding hydrogens is 923 g/mol. The Hall–Kier alpha value is -5.58. The summed E-state index contributed by atoms with van der Waals surface area (Å²) in [4.78, 5) is 60.0. The number of esters is 2. The lowest BCUT2D eigenvalue weighted by atomic mass is 9.84.